The minimum atomic E-state index is 0.463. The first kappa shape index (κ1) is 11.9. The molecule has 1 saturated carbocycles. The van der Waals surface area contributed by atoms with Gasteiger partial charge in [-0.15, -0.1) is 0 Å². The van der Waals surface area contributed by atoms with Crippen LogP contribution in [0.4, 0.5) is 11.4 Å². The van der Waals surface area contributed by atoms with E-state index in [4.69, 9.17) is 0 Å². The number of benzene rings is 1. The van der Waals surface area contributed by atoms with Crippen molar-refractivity contribution in [1.82, 2.24) is 0 Å². The highest BCUT2D eigenvalue weighted by Gasteiger charge is 2.29. The summed E-state index contributed by atoms with van der Waals surface area (Å²) in [5.41, 5.74) is 3.98. The van der Waals surface area contributed by atoms with Gasteiger partial charge < -0.3 is 10.2 Å². The lowest BCUT2D eigenvalue weighted by molar-refractivity contribution is 0.668. The largest absolute Gasteiger partial charge is 0.381 e. The van der Waals surface area contributed by atoms with Gasteiger partial charge in [-0.05, 0) is 56.2 Å². The molecule has 18 heavy (non-hydrogen) atoms. The molecule has 5 radical (unpaired) electrons. The molecule has 0 bridgehead atoms. The van der Waals surface area contributed by atoms with Crippen molar-refractivity contribution >= 4 is 11.4 Å². The lowest BCUT2D eigenvalue weighted by Crippen LogP contribution is -2.31. The van der Waals surface area contributed by atoms with Crippen LogP contribution in [-0.2, 0) is 6.42 Å². The van der Waals surface area contributed by atoms with E-state index in [-0.39, 0.29) is 0 Å². The summed E-state index contributed by atoms with van der Waals surface area (Å²) in [5.74, 6) is 1.40. The Kier molecular flexibility index (Phi) is 3.19. The van der Waals surface area contributed by atoms with E-state index in [9.17, 15) is 0 Å². The molecule has 3 rings (SSSR count). The van der Waals surface area contributed by atoms with Crippen LogP contribution < -0.4 is 10.2 Å². The van der Waals surface area contributed by atoms with E-state index in [1.165, 1.54) is 29.3 Å². The van der Waals surface area contributed by atoms with Crippen molar-refractivity contribution in [3.05, 3.63) is 55.4 Å². The van der Waals surface area contributed by atoms with Crippen LogP contribution in [-0.4, -0.2) is 20.1 Å². The lowest BCUT2D eigenvalue weighted by atomic mass is 9.88. The highest BCUT2D eigenvalue weighted by molar-refractivity contribution is 5.64. The van der Waals surface area contributed by atoms with Gasteiger partial charge in [-0.1, -0.05) is 6.07 Å². The molecule has 0 amide bonds. The highest BCUT2D eigenvalue weighted by Crippen LogP contribution is 2.36. The molecule has 2 aliphatic rings. The molecule has 1 unspecified atom stereocenters. The Morgan fingerprint density at radius 1 is 1.17 bits per heavy atom. The molecular weight excluding hydrogens is 220 g/mol. The van der Waals surface area contributed by atoms with Crippen molar-refractivity contribution in [3.63, 3.8) is 0 Å². The third-order valence-electron chi connectivity index (χ3n) is 3.73. The van der Waals surface area contributed by atoms with Gasteiger partial charge in [0.05, 0.1) is 0 Å². The van der Waals surface area contributed by atoms with Crippen molar-refractivity contribution in [1.29, 1.82) is 0 Å². The van der Waals surface area contributed by atoms with Crippen LogP contribution >= 0.6 is 0 Å². The van der Waals surface area contributed by atoms with Crippen LogP contribution in [0, 0.1) is 31.6 Å². The van der Waals surface area contributed by atoms with Gasteiger partial charge in [-0.2, -0.15) is 0 Å². The van der Waals surface area contributed by atoms with E-state index in [2.05, 4.69) is 68.2 Å². The first-order valence-electron chi connectivity index (χ1n) is 6.52. The maximum absolute atomic E-state index is 3.67. The summed E-state index contributed by atoms with van der Waals surface area (Å²) in [6, 6.07) is 7.16. The van der Waals surface area contributed by atoms with E-state index >= 15 is 0 Å². The maximum Gasteiger partial charge on any atom is 0.0395 e. The van der Waals surface area contributed by atoms with E-state index in [0.29, 0.717) is 6.04 Å². The summed E-state index contributed by atoms with van der Waals surface area (Å²) >= 11 is 0. The number of anilines is 2. The zero-order valence-electron chi connectivity index (χ0n) is 11.0. The summed E-state index contributed by atoms with van der Waals surface area (Å²) in [4.78, 5) is 2.15. The van der Waals surface area contributed by atoms with Gasteiger partial charge in [0.2, 0.25) is 0 Å². The fourth-order valence-electron chi connectivity index (χ4n) is 2.63. The van der Waals surface area contributed by atoms with Gasteiger partial charge in [0.1, 0.15) is 0 Å². The number of nitrogens with zero attached hydrogens (tertiary/aromatic N) is 1. The quantitative estimate of drug-likeness (QED) is 0.853. The van der Waals surface area contributed by atoms with E-state index in [1.807, 2.05) is 0 Å². The minimum Gasteiger partial charge on any atom is -0.381 e. The molecule has 1 aliphatic heterocycles. The Morgan fingerprint density at radius 2 is 1.94 bits per heavy atom. The van der Waals surface area contributed by atoms with Gasteiger partial charge in [0, 0.05) is 37.4 Å². The fourth-order valence-corrected chi connectivity index (χ4v) is 2.63. The van der Waals surface area contributed by atoms with Crippen LogP contribution in [0.5, 0.6) is 0 Å². The third-order valence-corrected chi connectivity index (χ3v) is 3.73. The summed E-state index contributed by atoms with van der Waals surface area (Å²) < 4.78 is 0. The Bertz CT molecular complexity index is 419. The maximum atomic E-state index is 3.67. The van der Waals surface area contributed by atoms with Crippen LogP contribution in [0.1, 0.15) is 12.0 Å². The normalized spacial score (nSPS) is 23.6. The summed E-state index contributed by atoms with van der Waals surface area (Å²) in [6.07, 6.45) is 11.0. The number of nitrogens with one attached hydrogen (secondary N) is 1. The molecule has 0 saturated heterocycles. The summed E-state index contributed by atoms with van der Waals surface area (Å²) in [7, 11) is 4.17. The first-order chi connectivity index (χ1) is 8.74. The topological polar surface area (TPSA) is 15.3 Å². The van der Waals surface area contributed by atoms with Gasteiger partial charge in [0.15, 0.2) is 0 Å². The molecule has 2 heteroatoms. The highest BCUT2D eigenvalue weighted by atomic mass is 15.1. The van der Waals surface area contributed by atoms with Crippen LogP contribution in [0.25, 0.3) is 0 Å². The smallest absolute Gasteiger partial charge is 0.0395 e. The second-order valence-corrected chi connectivity index (χ2v) is 5.19. The number of rotatable bonds is 2. The van der Waals surface area contributed by atoms with Crippen molar-refractivity contribution < 1.29 is 0 Å². The molecule has 2 nitrogen and oxygen atoms in total. The van der Waals surface area contributed by atoms with Crippen LogP contribution in [0.2, 0.25) is 0 Å². The van der Waals surface area contributed by atoms with Crippen LogP contribution in [0.3, 0.4) is 0 Å². The Morgan fingerprint density at radius 3 is 2.67 bits per heavy atom. The lowest BCUT2D eigenvalue weighted by Gasteiger charge is -2.31. The van der Waals surface area contributed by atoms with E-state index in [1.54, 1.807) is 0 Å². The Hall–Kier alpha value is -1.18. The molecule has 1 fully saturated rings. The first-order valence-corrected chi connectivity index (χ1v) is 6.52. The van der Waals surface area contributed by atoms with Crippen molar-refractivity contribution in [3.8, 4) is 0 Å². The summed E-state index contributed by atoms with van der Waals surface area (Å²) in [6.45, 7) is 0. The molecule has 0 aromatic heterocycles. The zero-order valence-corrected chi connectivity index (χ0v) is 11.0. The SMILES string of the molecule is CN(C)c1ccc2c(c1)NC([C]1[CH][CH][CH][CH]1)CC2. The van der Waals surface area contributed by atoms with Gasteiger partial charge >= 0.3 is 0 Å². The number of hydrogen-bond donors (Lipinski definition) is 1. The average Bonchev–Trinajstić information content (AvgIpc) is 2.91. The van der Waals surface area contributed by atoms with Crippen molar-refractivity contribution in [2.45, 2.75) is 18.9 Å². The zero-order chi connectivity index (χ0) is 12.5. The van der Waals surface area contributed by atoms with Gasteiger partial charge in [-0.25, -0.2) is 0 Å². The van der Waals surface area contributed by atoms with E-state index < -0.39 is 0 Å². The second kappa shape index (κ2) is 4.83. The standard InChI is InChI=1S/C16H19N2/c1-18(2)14-9-7-13-8-10-15(17-16(13)11-14)12-5-3-4-6-12/h3-7,9,11,15,17H,8,10H2,1-2H3. The number of fused-ring (bicyclic) bond motifs is 1. The predicted octanol–water partition coefficient (Wildman–Crippen LogP) is 2.88. The average molecular weight is 239 g/mol. The Balaban J connectivity index is 1.79. The van der Waals surface area contributed by atoms with Crippen molar-refractivity contribution in [2.24, 2.45) is 0 Å². The monoisotopic (exact) mass is 239 g/mol. The third kappa shape index (κ3) is 2.21. The van der Waals surface area contributed by atoms with Crippen LogP contribution in [0.15, 0.2) is 18.2 Å². The molecule has 1 N–H and O–H groups in total. The molecule has 1 aromatic carbocycles. The predicted molar refractivity (Wildman–Crippen MR) is 76.9 cm³/mol. The van der Waals surface area contributed by atoms with E-state index in [0.717, 1.165) is 6.42 Å². The second-order valence-electron chi connectivity index (χ2n) is 5.19. The minimum absolute atomic E-state index is 0.463. The van der Waals surface area contributed by atoms with Crippen molar-refractivity contribution in [2.75, 3.05) is 24.3 Å². The molecule has 1 aromatic rings. The number of hydrogen-bond acceptors (Lipinski definition) is 2. The molecule has 93 valence electrons. The molecule has 0 spiro atoms. The fraction of sp³-hybridized carbons (Fsp3) is 0.312. The molecule has 1 heterocycles. The van der Waals surface area contributed by atoms with Gasteiger partial charge in [-0.3, -0.25) is 0 Å². The molecule has 1 aliphatic carbocycles. The summed E-state index contributed by atoms with van der Waals surface area (Å²) in [5, 5.41) is 3.67. The van der Waals surface area contributed by atoms with Gasteiger partial charge in [0.25, 0.3) is 0 Å². The number of aryl methyl sites for hydroxylation is 1. The molecular formula is C16H19N2. The molecule has 1 atom stereocenters. The Labute approximate surface area is 110 Å².